The summed E-state index contributed by atoms with van der Waals surface area (Å²) in [5.41, 5.74) is 0. The highest BCUT2D eigenvalue weighted by atomic mass is 16.5. The van der Waals surface area contributed by atoms with E-state index in [2.05, 4.69) is 29.1 Å². The largest absolute Gasteiger partial charge is 0.372 e. The number of likely N-dealkylation sites (N-methyl/N-ethyl adjacent to an activating group) is 1. The van der Waals surface area contributed by atoms with Gasteiger partial charge in [0.1, 0.15) is 0 Å². The fourth-order valence-corrected chi connectivity index (χ4v) is 2.82. The van der Waals surface area contributed by atoms with Gasteiger partial charge in [-0.2, -0.15) is 0 Å². The van der Waals surface area contributed by atoms with Crippen LogP contribution >= 0.6 is 0 Å². The molecule has 18 heavy (non-hydrogen) atoms. The molecule has 0 aromatic carbocycles. The van der Waals surface area contributed by atoms with Crippen LogP contribution in [0.5, 0.6) is 0 Å². The summed E-state index contributed by atoms with van der Waals surface area (Å²) in [5.74, 6) is 0. The highest BCUT2D eigenvalue weighted by molar-refractivity contribution is 4.80. The standard InChI is InChI=1S/C14H29N3O/c1-3-6-15-11-13-4-5-14(18-13)12-17-9-7-16(2)8-10-17/h13-15H,3-12H2,1-2H3. The number of nitrogens with one attached hydrogen (secondary N) is 1. The SMILES string of the molecule is CCCNCC1CCC(CN2CCN(C)CC2)O1. The fourth-order valence-electron chi connectivity index (χ4n) is 2.82. The van der Waals surface area contributed by atoms with Crippen LogP contribution in [0.25, 0.3) is 0 Å². The van der Waals surface area contributed by atoms with E-state index in [0.717, 1.165) is 19.6 Å². The molecular weight excluding hydrogens is 226 g/mol. The second-order valence-corrected chi connectivity index (χ2v) is 5.77. The monoisotopic (exact) mass is 255 g/mol. The molecule has 2 rings (SSSR count). The number of rotatable bonds is 6. The Morgan fingerprint density at radius 3 is 2.56 bits per heavy atom. The Hall–Kier alpha value is -0.160. The molecule has 0 saturated carbocycles. The fraction of sp³-hybridized carbons (Fsp3) is 1.00. The van der Waals surface area contributed by atoms with E-state index in [4.69, 9.17) is 4.74 Å². The van der Waals surface area contributed by atoms with Gasteiger partial charge >= 0.3 is 0 Å². The van der Waals surface area contributed by atoms with E-state index in [1.54, 1.807) is 0 Å². The molecule has 2 unspecified atom stereocenters. The zero-order chi connectivity index (χ0) is 12.8. The van der Waals surface area contributed by atoms with Gasteiger partial charge in [0.15, 0.2) is 0 Å². The van der Waals surface area contributed by atoms with Gasteiger partial charge in [-0.05, 0) is 32.9 Å². The summed E-state index contributed by atoms with van der Waals surface area (Å²) < 4.78 is 6.12. The van der Waals surface area contributed by atoms with Crippen LogP contribution in [0.1, 0.15) is 26.2 Å². The van der Waals surface area contributed by atoms with Gasteiger partial charge in [0.25, 0.3) is 0 Å². The van der Waals surface area contributed by atoms with Crippen LogP contribution in [0.2, 0.25) is 0 Å². The molecule has 0 aromatic heterocycles. The lowest BCUT2D eigenvalue weighted by molar-refractivity contribution is 0.0148. The summed E-state index contributed by atoms with van der Waals surface area (Å²) in [7, 11) is 2.21. The average Bonchev–Trinajstić information content (AvgIpc) is 2.80. The molecule has 2 fully saturated rings. The molecule has 2 saturated heterocycles. The first-order valence-corrected chi connectivity index (χ1v) is 7.55. The van der Waals surface area contributed by atoms with Crippen LogP contribution in [-0.2, 0) is 4.74 Å². The van der Waals surface area contributed by atoms with Crippen LogP contribution in [0.15, 0.2) is 0 Å². The molecule has 0 amide bonds. The zero-order valence-electron chi connectivity index (χ0n) is 12.0. The van der Waals surface area contributed by atoms with E-state index in [1.807, 2.05) is 0 Å². The van der Waals surface area contributed by atoms with Crippen LogP contribution in [0.3, 0.4) is 0 Å². The van der Waals surface area contributed by atoms with Gasteiger partial charge in [0.2, 0.25) is 0 Å². The van der Waals surface area contributed by atoms with Crippen LogP contribution in [-0.4, -0.2) is 74.9 Å². The Bertz CT molecular complexity index is 229. The Kier molecular flexibility index (Phi) is 5.89. The summed E-state index contributed by atoms with van der Waals surface area (Å²) in [5, 5.41) is 3.46. The van der Waals surface area contributed by atoms with E-state index >= 15 is 0 Å². The van der Waals surface area contributed by atoms with E-state index in [9.17, 15) is 0 Å². The Labute approximate surface area is 112 Å². The first-order chi connectivity index (χ1) is 8.78. The molecule has 2 aliphatic heterocycles. The van der Waals surface area contributed by atoms with E-state index in [0.29, 0.717) is 12.2 Å². The highest BCUT2D eigenvalue weighted by Crippen LogP contribution is 2.20. The minimum Gasteiger partial charge on any atom is -0.372 e. The second kappa shape index (κ2) is 7.43. The second-order valence-electron chi connectivity index (χ2n) is 5.77. The maximum Gasteiger partial charge on any atom is 0.0707 e. The molecule has 0 radical (unpaired) electrons. The van der Waals surface area contributed by atoms with E-state index < -0.39 is 0 Å². The first-order valence-electron chi connectivity index (χ1n) is 7.55. The molecule has 2 heterocycles. The first kappa shape index (κ1) is 14.3. The molecule has 0 aromatic rings. The maximum atomic E-state index is 6.12. The average molecular weight is 255 g/mol. The molecule has 2 atom stereocenters. The van der Waals surface area contributed by atoms with Crippen LogP contribution < -0.4 is 5.32 Å². The Morgan fingerprint density at radius 2 is 1.83 bits per heavy atom. The molecule has 0 bridgehead atoms. The molecule has 4 nitrogen and oxygen atoms in total. The summed E-state index contributed by atoms with van der Waals surface area (Å²) in [6, 6.07) is 0. The molecule has 4 heteroatoms. The number of ether oxygens (including phenoxy) is 1. The van der Waals surface area contributed by atoms with Gasteiger partial charge in [0, 0.05) is 39.3 Å². The van der Waals surface area contributed by atoms with E-state index in [-0.39, 0.29) is 0 Å². The van der Waals surface area contributed by atoms with Crippen LogP contribution in [0, 0.1) is 0 Å². The summed E-state index contributed by atoms with van der Waals surface area (Å²) in [6.45, 7) is 10.3. The van der Waals surface area contributed by atoms with Crippen molar-refractivity contribution >= 4 is 0 Å². The maximum absolute atomic E-state index is 6.12. The molecule has 2 aliphatic rings. The number of hydrogen-bond donors (Lipinski definition) is 1. The predicted molar refractivity (Wildman–Crippen MR) is 75.0 cm³/mol. The molecule has 0 spiro atoms. The zero-order valence-corrected chi connectivity index (χ0v) is 12.0. The van der Waals surface area contributed by atoms with Gasteiger partial charge in [0.05, 0.1) is 12.2 Å². The molecule has 0 aliphatic carbocycles. The van der Waals surface area contributed by atoms with Gasteiger partial charge in [-0.3, -0.25) is 4.90 Å². The topological polar surface area (TPSA) is 27.7 Å². The molecular formula is C14H29N3O. The summed E-state index contributed by atoms with van der Waals surface area (Å²) >= 11 is 0. The number of nitrogens with zero attached hydrogens (tertiary/aromatic N) is 2. The third kappa shape index (κ3) is 4.50. The molecule has 1 N–H and O–H groups in total. The smallest absolute Gasteiger partial charge is 0.0707 e. The Morgan fingerprint density at radius 1 is 1.11 bits per heavy atom. The van der Waals surface area contributed by atoms with E-state index in [1.165, 1.54) is 45.4 Å². The third-order valence-electron chi connectivity index (χ3n) is 4.05. The van der Waals surface area contributed by atoms with Gasteiger partial charge in [-0.1, -0.05) is 6.92 Å². The van der Waals surface area contributed by atoms with Crippen molar-refractivity contribution in [3.63, 3.8) is 0 Å². The molecule has 106 valence electrons. The predicted octanol–water partition coefficient (Wildman–Crippen LogP) is 0.781. The van der Waals surface area contributed by atoms with Crippen LogP contribution in [0.4, 0.5) is 0 Å². The summed E-state index contributed by atoms with van der Waals surface area (Å²) in [6.07, 6.45) is 4.60. The highest BCUT2D eigenvalue weighted by Gasteiger charge is 2.27. The van der Waals surface area contributed by atoms with Crippen molar-refractivity contribution in [1.29, 1.82) is 0 Å². The number of hydrogen-bond acceptors (Lipinski definition) is 4. The van der Waals surface area contributed by atoms with Crippen molar-refractivity contribution in [2.45, 2.75) is 38.4 Å². The van der Waals surface area contributed by atoms with Crippen molar-refractivity contribution in [3.05, 3.63) is 0 Å². The van der Waals surface area contributed by atoms with Gasteiger partial charge < -0.3 is 15.0 Å². The van der Waals surface area contributed by atoms with Crippen molar-refractivity contribution in [1.82, 2.24) is 15.1 Å². The normalized spacial score (nSPS) is 31.0. The third-order valence-corrected chi connectivity index (χ3v) is 4.05. The minimum atomic E-state index is 0.453. The summed E-state index contributed by atoms with van der Waals surface area (Å²) in [4.78, 5) is 4.97. The lowest BCUT2D eigenvalue weighted by atomic mass is 10.2. The van der Waals surface area contributed by atoms with Crippen molar-refractivity contribution in [2.24, 2.45) is 0 Å². The Balaban J connectivity index is 1.60. The van der Waals surface area contributed by atoms with Crippen molar-refractivity contribution in [3.8, 4) is 0 Å². The number of piperazine rings is 1. The quantitative estimate of drug-likeness (QED) is 0.710. The van der Waals surface area contributed by atoms with Gasteiger partial charge in [-0.15, -0.1) is 0 Å². The lowest BCUT2D eigenvalue weighted by Crippen LogP contribution is -2.47. The minimum absolute atomic E-state index is 0.453. The van der Waals surface area contributed by atoms with Crippen molar-refractivity contribution < 1.29 is 4.74 Å². The van der Waals surface area contributed by atoms with Crippen molar-refractivity contribution in [2.75, 3.05) is 52.9 Å². The lowest BCUT2D eigenvalue weighted by Gasteiger charge is -2.33. The van der Waals surface area contributed by atoms with Gasteiger partial charge in [-0.25, -0.2) is 0 Å².